The molecule has 1 rings (SSSR count). The molecule has 0 aromatic heterocycles. The maximum absolute atomic E-state index is 10.6. The monoisotopic (exact) mass is 204 g/mol. The van der Waals surface area contributed by atoms with E-state index in [0.717, 1.165) is 10.4 Å². The van der Waals surface area contributed by atoms with Crippen molar-refractivity contribution in [2.45, 2.75) is 26.1 Å². The van der Waals surface area contributed by atoms with Crippen LogP contribution in [0.5, 0.6) is 0 Å². The Bertz CT molecular complexity index is 425. The molecule has 1 atom stereocenters. The fraction of sp³-hybridized carbons (Fsp3) is 0.333. The average molecular weight is 204 g/mol. The number of nitrogens with one attached hydrogen (secondary N) is 1. The minimum atomic E-state index is -0.493. The Morgan fingerprint density at radius 1 is 1.40 bits per heavy atom. The SMILES string of the molecule is C=c1cccc/c1=C/C(N=O)NC(C)C. The van der Waals surface area contributed by atoms with Gasteiger partial charge in [-0.15, -0.1) is 4.91 Å². The van der Waals surface area contributed by atoms with Crippen LogP contribution in [0.15, 0.2) is 29.4 Å². The minimum absolute atomic E-state index is 0.223. The molecule has 0 fully saturated rings. The van der Waals surface area contributed by atoms with E-state index < -0.39 is 6.17 Å². The lowest BCUT2D eigenvalue weighted by Crippen LogP contribution is -2.34. The number of benzene rings is 1. The maximum atomic E-state index is 10.6. The Morgan fingerprint density at radius 3 is 2.60 bits per heavy atom. The second-order valence-corrected chi connectivity index (χ2v) is 3.74. The van der Waals surface area contributed by atoms with Crippen LogP contribution < -0.4 is 15.8 Å². The molecule has 0 saturated carbocycles. The Kier molecular flexibility index (Phi) is 4.18. The van der Waals surface area contributed by atoms with Crippen LogP contribution in [-0.4, -0.2) is 12.2 Å². The molecule has 0 radical (unpaired) electrons. The van der Waals surface area contributed by atoms with Gasteiger partial charge in [0.25, 0.3) is 0 Å². The van der Waals surface area contributed by atoms with Crippen molar-refractivity contribution in [2.24, 2.45) is 5.18 Å². The van der Waals surface area contributed by atoms with E-state index in [1.165, 1.54) is 0 Å². The Labute approximate surface area is 89.5 Å². The summed E-state index contributed by atoms with van der Waals surface area (Å²) in [5.74, 6) is 0. The molecule has 0 aliphatic heterocycles. The van der Waals surface area contributed by atoms with Gasteiger partial charge < -0.3 is 0 Å². The molecule has 0 aliphatic rings. The van der Waals surface area contributed by atoms with Gasteiger partial charge in [-0.1, -0.05) is 30.8 Å². The lowest BCUT2D eigenvalue weighted by Gasteiger charge is -2.10. The number of nitrogens with zero attached hydrogens (tertiary/aromatic N) is 1. The topological polar surface area (TPSA) is 41.5 Å². The summed E-state index contributed by atoms with van der Waals surface area (Å²) in [7, 11) is 0. The standard InChI is InChI=1S/C12H16N2O/c1-9(2)13-12(14-15)8-11-7-5-4-6-10(11)3/h4-9,12-13H,3H2,1-2H3/b11-8-. The van der Waals surface area contributed by atoms with Crippen LogP contribution in [0.3, 0.4) is 0 Å². The first kappa shape index (κ1) is 11.6. The van der Waals surface area contributed by atoms with E-state index >= 15 is 0 Å². The first-order chi connectivity index (χ1) is 7.13. The van der Waals surface area contributed by atoms with Gasteiger partial charge in [-0.25, -0.2) is 0 Å². The molecule has 0 amide bonds. The molecule has 0 saturated heterocycles. The van der Waals surface area contributed by atoms with Gasteiger partial charge in [0.1, 0.15) is 0 Å². The normalized spacial score (nSPS) is 14.2. The van der Waals surface area contributed by atoms with Crippen LogP contribution in [0.1, 0.15) is 13.8 Å². The van der Waals surface area contributed by atoms with Gasteiger partial charge in [0.2, 0.25) is 0 Å². The van der Waals surface area contributed by atoms with Crippen LogP contribution >= 0.6 is 0 Å². The molecule has 15 heavy (non-hydrogen) atoms. The third-order valence-corrected chi connectivity index (χ3v) is 2.01. The van der Waals surface area contributed by atoms with E-state index in [0.29, 0.717) is 0 Å². The quantitative estimate of drug-likeness (QED) is 0.742. The number of rotatable bonds is 4. The molecule has 0 bridgehead atoms. The number of hydrogen-bond acceptors (Lipinski definition) is 3. The highest BCUT2D eigenvalue weighted by Crippen LogP contribution is 1.90. The molecule has 0 aliphatic carbocycles. The van der Waals surface area contributed by atoms with E-state index in [9.17, 15) is 4.91 Å². The smallest absolute Gasteiger partial charge is 0.162 e. The van der Waals surface area contributed by atoms with Crippen LogP contribution in [-0.2, 0) is 0 Å². The first-order valence-corrected chi connectivity index (χ1v) is 4.98. The lowest BCUT2D eigenvalue weighted by atomic mass is 10.2. The summed E-state index contributed by atoms with van der Waals surface area (Å²) >= 11 is 0. The second kappa shape index (κ2) is 5.41. The van der Waals surface area contributed by atoms with Crippen molar-refractivity contribution in [2.75, 3.05) is 0 Å². The molecular formula is C12H16N2O. The van der Waals surface area contributed by atoms with Gasteiger partial charge in [-0.05, 0) is 35.5 Å². The van der Waals surface area contributed by atoms with Crippen molar-refractivity contribution in [1.82, 2.24) is 5.32 Å². The molecule has 1 aromatic rings. The second-order valence-electron chi connectivity index (χ2n) is 3.74. The maximum Gasteiger partial charge on any atom is 0.162 e. The van der Waals surface area contributed by atoms with Gasteiger partial charge >= 0.3 is 0 Å². The third kappa shape index (κ3) is 3.64. The molecule has 1 aromatic carbocycles. The van der Waals surface area contributed by atoms with Crippen molar-refractivity contribution in [3.8, 4) is 0 Å². The van der Waals surface area contributed by atoms with Gasteiger partial charge in [0.05, 0.1) is 0 Å². The van der Waals surface area contributed by atoms with E-state index in [2.05, 4.69) is 17.1 Å². The minimum Gasteiger partial charge on any atom is -0.287 e. The summed E-state index contributed by atoms with van der Waals surface area (Å²) in [5, 5.41) is 7.90. The van der Waals surface area contributed by atoms with Crippen molar-refractivity contribution in [1.29, 1.82) is 0 Å². The summed E-state index contributed by atoms with van der Waals surface area (Å²) in [6, 6.07) is 7.88. The highest BCUT2D eigenvalue weighted by Gasteiger charge is 2.04. The molecule has 3 heteroatoms. The van der Waals surface area contributed by atoms with Gasteiger partial charge in [0, 0.05) is 6.04 Å². The van der Waals surface area contributed by atoms with Crippen LogP contribution in [0.2, 0.25) is 0 Å². The van der Waals surface area contributed by atoms with Gasteiger partial charge in [-0.3, -0.25) is 5.32 Å². The van der Waals surface area contributed by atoms with Crippen LogP contribution in [0.25, 0.3) is 12.7 Å². The molecule has 0 spiro atoms. The fourth-order valence-electron chi connectivity index (χ4n) is 1.32. The molecule has 1 unspecified atom stereocenters. The zero-order valence-electron chi connectivity index (χ0n) is 9.10. The summed E-state index contributed by atoms with van der Waals surface area (Å²) < 4.78 is 0. The van der Waals surface area contributed by atoms with Crippen LogP contribution in [0.4, 0.5) is 0 Å². The number of nitroso groups, excluding NO2 is 1. The predicted molar refractivity (Wildman–Crippen MR) is 63.5 cm³/mol. The predicted octanol–water partition coefficient (Wildman–Crippen LogP) is 0.968. The summed E-state index contributed by atoms with van der Waals surface area (Å²) in [6.45, 7) is 7.83. The zero-order valence-corrected chi connectivity index (χ0v) is 9.10. The average Bonchev–Trinajstić information content (AvgIpc) is 2.19. The van der Waals surface area contributed by atoms with Gasteiger partial charge in [-0.2, -0.15) is 0 Å². The first-order valence-electron chi connectivity index (χ1n) is 4.98. The Morgan fingerprint density at radius 2 is 2.07 bits per heavy atom. The summed E-state index contributed by atoms with van der Waals surface area (Å²) in [5.41, 5.74) is 0. The van der Waals surface area contributed by atoms with Crippen molar-refractivity contribution < 1.29 is 0 Å². The molecule has 1 N–H and O–H groups in total. The molecule has 3 nitrogen and oxygen atoms in total. The fourth-order valence-corrected chi connectivity index (χ4v) is 1.32. The highest BCUT2D eigenvalue weighted by atomic mass is 16.3. The lowest BCUT2D eigenvalue weighted by molar-refractivity contribution is 0.549. The van der Waals surface area contributed by atoms with Crippen molar-refractivity contribution >= 4 is 12.7 Å². The van der Waals surface area contributed by atoms with Crippen molar-refractivity contribution in [3.05, 3.63) is 39.6 Å². The van der Waals surface area contributed by atoms with E-state index in [1.807, 2.05) is 38.1 Å². The van der Waals surface area contributed by atoms with E-state index in [1.54, 1.807) is 6.08 Å². The molecule has 0 heterocycles. The van der Waals surface area contributed by atoms with Crippen LogP contribution in [0, 0.1) is 4.91 Å². The zero-order chi connectivity index (χ0) is 11.3. The largest absolute Gasteiger partial charge is 0.287 e. The highest BCUT2D eigenvalue weighted by molar-refractivity contribution is 5.31. The third-order valence-electron chi connectivity index (χ3n) is 2.01. The van der Waals surface area contributed by atoms with E-state index in [4.69, 9.17) is 0 Å². The van der Waals surface area contributed by atoms with E-state index in [-0.39, 0.29) is 6.04 Å². The number of hydrogen-bond donors (Lipinski definition) is 1. The summed E-state index contributed by atoms with van der Waals surface area (Å²) in [4.78, 5) is 10.6. The molecular weight excluding hydrogens is 188 g/mol. The Balaban J connectivity index is 2.99. The summed E-state index contributed by atoms with van der Waals surface area (Å²) in [6.07, 6.45) is 1.29. The van der Waals surface area contributed by atoms with Gasteiger partial charge in [0.15, 0.2) is 6.17 Å². The Hall–Kier alpha value is -1.48. The van der Waals surface area contributed by atoms with Crippen molar-refractivity contribution in [3.63, 3.8) is 0 Å². The molecule has 80 valence electrons.